The van der Waals surface area contributed by atoms with Crippen LogP contribution < -0.4 is 0 Å². The molecule has 7 heterocycles. The number of furan rings is 2. The quantitative estimate of drug-likeness (QED) is 0.129. The highest BCUT2D eigenvalue weighted by atomic mass is 32.1. The molecular weight excluding hydrogens is 1690 g/mol. The van der Waals surface area contributed by atoms with Gasteiger partial charge in [-0.1, -0.05) is 364 Å². The molecule has 2 aliphatic carbocycles. The Morgan fingerprint density at radius 2 is 0.584 bits per heavy atom. The number of hydrogen-bond acceptors (Lipinski definition) is 12. The Hall–Kier alpha value is -18.2. The maximum absolute atomic E-state index is 6.19. The Balaban J connectivity index is 0.000000104. The number of rotatable bonds is 10. The zero-order valence-electron chi connectivity index (χ0n) is 73.4. The SMILES string of the molecule is c1ccc(-c2nc(-c3ccccc3)nc(-c3ccc(-n4c5ccccc5c5cc6ccccc6cc54)c4ccccc34)n2)cc1.c1ccc(-c2nc(-c3ccccc3)nc(-c3ccc4c(c3)C3(c5ccccc5-c5ccccc53)c3ccc5c(sc6ccccc65)c3-4)n2)cc1.c1ccc2cc(-c3nc(-c4ccc5c(c4)oc4ccccc45)nc(-c4ccc5c(c4)oc4ccccc45)n3)ccc2c1. The van der Waals surface area contributed by atoms with Crippen molar-refractivity contribution >= 4 is 130 Å². The van der Waals surface area contributed by atoms with Gasteiger partial charge in [0.15, 0.2) is 52.4 Å². The van der Waals surface area contributed by atoms with Gasteiger partial charge in [-0.2, -0.15) is 0 Å². The van der Waals surface area contributed by atoms with Crippen molar-refractivity contribution in [3.63, 3.8) is 0 Å². The predicted molar refractivity (Wildman–Crippen MR) is 559 cm³/mol. The highest BCUT2D eigenvalue weighted by Crippen LogP contribution is 2.65. The zero-order chi connectivity index (χ0) is 90.2. The first-order chi connectivity index (χ1) is 67.9. The van der Waals surface area contributed by atoms with Crippen molar-refractivity contribution in [1.82, 2.24) is 49.4 Å². The van der Waals surface area contributed by atoms with E-state index >= 15 is 0 Å². The van der Waals surface area contributed by atoms with Gasteiger partial charge in [-0.25, -0.2) is 44.9 Å². The molecule has 29 rings (SSSR count). The summed E-state index contributed by atoms with van der Waals surface area (Å²) in [6, 6.07) is 157. The molecule has 1 spiro atoms. The Morgan fingerprint density at radius 3 is 1.14 bits per heavy atom. The number of aromatic nitrogens is 10. The lowest BCUT2D eigenvalue weighted by Crippen LogP contribution is -2.25. The van der Waals surface area contributed by atoms with Gasteiger partial charge in [-0.15, -0.1) is 11.3 Å². The van der Waals surface area contributed by atoms with E-state index in [-0.39, 0.29) is 0 Å². The van der Waals surface area contributed by atoms with Crippen molar-refractivity contribution in [2.45, 2.75) is 5.41 Å². The Kier molecular flexibility index (Phi) is 18.4. The fourth-order valence-electron chi connectivity index (χ4n) is 20.8. The van der Waals surface area contributed by atoms with Crippen LogP contribution in [0.25, 0.3) is 249 Å². The third-order valence-corrected chi connectivity index (χ3v) is 28.3. The molecule has 0 saturated carbocycles. The molecule has 0 radical (unpaired) electrons. The van der Waals surface area contributed by atoms with Crippen molar-refractivity contribution < 1.29 is 8.83 Å². The molecule has 137 heavy (non-hydrogen) atoms. The van der Waals surface area contributed by atoms with Crippen LogP contribution in [0, 0.1) is 0 Å². The second kappa shape index (κ2) is 32.1. The first kappa shape index (κ1) is 78.7. The summed E-state index contributed by atoms with van der Waals surface area (Å²) in [5.74, 6) is 5.72. The molecule has 12 nitrogen and oxygen atoms in total. The second-order valence-corrected chi connectivity index (χ2v) is 35.9. The van der Waals surface area contributed by atoms with E-state index in [2.05, 4.69) is 296 Å². The smallest absolute Gasteiger partial charge is 0.164 e. The predicted octanol–water partition coefficient (Wildman–Crippen LogP) is 31.7. The number of nitrogens with zero attached hydrogens (tertiary/aromatic N) is 10. The average Bonchev–Trinajstić information content (AvgIpc) is 1.50. The zero-order valence-corrected chi connectivity index (χ0v) is 74.2. The topological polar surface area (TPSA) is 147 Å². The van der Waals surface area contributed by atoms with Gasteiger partial charge in [0.25, 0.3) is 0 Å². The molecule has 638 valence electrons. The molecule has 0 unspecified atom stereocenters. The minimum Gasteiger partial charge on any atom is -0.456 e. The fourth-order valence-corrected chi connectivity index (χ4v) is 22.1. The van der Waals surface area contributed by atoms with Crippen molar-refractivity contribution in [2.75, 3.05) is 0 Å². The number of thiophene rings is 1. The summed E-state index contributed by atoms with van der Waals surface area (Å²) < 4.78 is 17.4. The van der Waals surface area contributed by atoms with Gasteiger partial charge in [0.2, 0.25) is 0 Å². The molecule has 0 fully saturated rings. The number of para-hydroxylation sites is 3. The number of hydrogen-bond donors (Lipinski definition) is 0. The van der Waals surface area contributed by atoms with Gasteiger partial charge in [0, 0.05) is 114 Å². The average molecular weight is 1770 g/mol. The molecule has 7 aromatic heterocycles. The minimum absolute atomic E-state index is 0.476. The van der Waals surface area contributed by atoms with E-state index < -0.39 is 5.41 Å². The standard InChI is InChI=1S/C46H27N3S.C41H26N4.C37H21N3O2/c1-3-13-28(14-4-1)43-47-44(29-15-5-2-6-16-29)49-45(48-43)30-23-24-35-39(27-30)46(36-20-10-7-17-31(36)32-18-8-11-21-37(32)46)38-26-25-34-33-19-9-12-22-40(33)50-42(34)41(35)38;1-3-13-27(14-4-1)39-42-40(28-15-5-2-6-16-28)44-41(43-39)34-23-24-37(32-20-10-9-19-31(32)34)45-36-22-12-11-21-33(36)35-25-29-17-7-8-18-30(29)26-38(35)45;1-2-8-23-19-24(14-13-22(23)7-1)35-38-36(25-15-17-29-27-9-3-5-11-31(27)41-33(29)20-25)40-37(39-35)26-16-18-30-28-10-4-6-12-32(28)42-34(30)21-26/h1-27H;1-26H;1-21H. The van der Waals surface area contributed by atoms with Crippen LogP contribution in [0.5, 0.6) is 0 Å². The molecule has 0 N–H and O–H groups in total. The van der Waals surface area contributed by atoms with Crippen molar-refractivity contribution in [2.24, 2.45) is 0 Å². The Bertz CT molecular complexity index is 9290. The van der Waals surface area contributed by atoms with Crippen LogP contribution in [0.3, 0.4) is 0 Å². The number of fused-ring (bicyclic) bond motifs is 26. The van der Waals surface area contributed by atoms with Crippen molar-refractivity contribution in [3.05, 3.63) is 471 Å². The molecule has 0 atom stereocenters. The van der Waals surface area contributed by atoms with E-state index in [0.29, 0.717) is 52.4 Å². The van der Waals surface area contributed by atoms with Crippen molar-refractivity contribution in [1.29, 1.82) is 0 Å². The van der Waals surface area contributed by atoms with Gasteiger partial charge < -0.3 is 13.4 Å². The largest absolute Gasteiger partial charge is 0.456 e. The van der Waals surface area contributed by atoms with E-state index in [9.17, 15) is 0 Å². The van der Waals surface area contributed by atoms with Crippen LogP contribution in [0.15, 0.2) is 458 Å². The Morgan fingerprint density at radius 1 is 0.197 bits per heavy atom. The van der Waals surface area contributed by atoms with Crippen LogP contribution in [0.1, 0.15) is 22.3 Å². The fraction of sp³-hybridized carbons (Fsp3) is 0.00806. The summed E-state index contributed by atoms with van der Waals surface area (Å²) >= 11 is 1.90. The van der Waals surface area contributed by atoms with E-state index in [1.54, 1.807) is 0 Å². The molecule has 0 aliphatic heterocycles. The lowest BCUT2D eigenvalue weighted by molar-refractivity contribution is 0.668. The summed E-state index contributed by atoms with van der Waals surface area (Å²) in [5.41, 5.74) is 25.2. The molecule has 2 aliphatic rings. The second-order valence-electron chi connectivity index (χ2n) is 34.9. The molecular formula is C124H74N10O2S. The molecule has 0 saturated heterocycles. The van der Waals surface area contributed by atoms with Gasteiger partial charge >= 0.3 is 0 Å². The minimum atomic E-state index is -0.476. The van der Waals surface area contributed by atoms with Crippen LogP contribution >= 0.6 is 11.3 Å². The molecule has 0 amide bonds. The first-order valence-corrected chi connectivity index (χ1v) is 46.8. The van der Waals surface area contributed by atoms with E-state index in [1.807, 2.05) is 169 Å². The third kappa shape index (κ3) is 13.1. The summed E-state index contributed by atoms with van der Waals surface area (Å²) in [4.78, 5) is 45.2. The van der Waals surface area contributed by atoms with Crippen LogP contribution in [0.2, 0.25) is 0 Å². The van der Waals surface area contributed by atoms with Crippen LogP contribution in [0.4, 0.5) is 0 Å². The monoisotopic (exact) mass is 1770 g/mol. The van der Waals surface area contributed by atoms with Gasteiger partial charge in [-0.3, -0.25) is 0 Å². The maximum Gasteiger partial charge on any atom is 0.164 e. The third-order valence-electron chi connectivity index (χ3n) is 27.1. The maximum atomic E-state index is 6.19. The van der Waals surface area contributed by atoms with Gasteiger partial charge in [0.05, 0.1) is 22.1 Å². The lowest BCUT2D eigenvalue weighted by atomic mass is 9.70. The van der Waals surface area contributed by atoms with E-state index in [1.165, 1.54) is 103 Å². The normalized spacial score (nSPS) is 12.3. The molecule has 13 heteroatoms. The number of benzene rings is 20. The molecule has 0 bridgehead atoms. The van der Waals surface area contributed by atoms with E-state index in [4.69, 9.17) is 53.7 Å². The first-order valence-electron chi connectivity index (χ1n) is 45.9. The Labute approximate surface area is 789 Å². The van der Waals surface area contributed by atoms with Crippen LogP contribution in [-0.4, -0.2) is 49.4 Å². The van der Waals surface area contributed by atoms with Crippen molar-refractivity contribution in [3.8, 4) is 130 Å². The molecule has 27 aromatic rings. The van der Waals surface area contributed by atoms with Crippen LogP contribution in [-0.2, 0) is 5.41 Å². The highest BCUT2D eigenvalue weighted by Gasteiger charge is 2.52. The van der Waals surface area contributed by atoms with Gasteiger partial charge in [-0.05, 0) is 151 Å². The molecule has 20 aromatic carbocycles. The summed E-state index contributed by atoms with van der Waals surface area (Å²) in [6.07, 6.45) is 0. The highest BCUT2D eigenvalue weighted by molar-refractivity contribution is 7.26. The van der Waals surface area contributed by atoms with E-state index in [0.717, 1.165) is 116 Å². The summed E-state index contributed by atoms with van der Waals surface area (Å²) in [7, 11) is 0. The van der Waals surface area contributed by atoms with Gasteiger partial charge in [0.1, 0.15) is 22.3 Å². The summed E-state index contributed by atoms with van der Waals surface area (Å²) in [5, 5.41) is 16.4. The lowest BCUT2D eigenvalue weighted by Gasteiger charge is -2.30. The summed E-state index contributed by atoms with van der Waals surface area (Å²) in [6.45, 7) is 0.